The first-order valence-corrected chi connectivity index (χ1v) is 10.4. The van der Waals surface area contributed by atoms with Crippen LogP contribution in [0.3, 0.4) is 0 Å². The second-order valence-corrected chi connectivity index (χ2v) is 8.76. The van der Waals surface area contributed by atoms with E-state index >= 15 is 0 Å². The van der Waals surface area contributed by atoms with Crippen molar-refractivity contribution in [3.05, 3.63) is 45.9 Å². The molecule has 0 spiro atoms. The van der Waals surface area contributed by atoms with Gasteiger partial charge in [-0.05, 0) is 29.8 Å². The number of nitrogens with one attached hydrogen (secondary N) is 2. The highest BCUT2D eigenvalue weighted by Crippen LogP contribution is 2.42. The van der Waals surface area contributed by atoms with Crippen molar-refractivity contribution in [2.24, 2.45) is 0 Å². The first-order valence-electron chi connectivity index (χ1n) is 7.72. The minimum absolute atomic E-state index is 0.00779. The minimum atomic E-state index is -4.89. The molecular formula is C16H12Cl2F3N5O2S. The van der Waals surface area contributed by atoms with Crippen molar-refractivity contribution < 1.29 is 21.6 Å². The van der Waals surface area contributed by atoms with E-state index in [2.05, 4.69) is 20.5 Å². The number of H-pyrrole nitrogens is 1. The number of sulfone groups is 1. The number of hydrogen-bond donors (Lipinski definition) is 3. The van der Waals surface area contributed by atoms with E-state index < -0.39 is 26.5 Å². The van der Waals surface area contributed by atoms with Crippen LogP contribution in [0.15, 0.2) is 35.2 Å². The molecule has 0 bridgehead atoms. The number of aromatic amines is 1. The van der Waals surface area contributed by atoms with Crippen LogP contribution in [0.4, 0.5) is 30.8 Å². The molecule has 7 nitrogen and oxygen atoms in total. The number of hydrogen-bond acceptors (Lipinski definition) is 6. The van der Waals surface area contributed by atoms with Gasteiger partial charge in [-0.1, -0.05) is 29.3 Å². The van der Waals surface area contributed by atoms with Crippen molar-refractivity contribution in [3.8, 4) is 11.1 Å². The standard InChI is InChI=1S/C16H12Cl2F3N5O2S/c1-29(27,28)12-3-2-7(4-9(12)16(19,20)21)13-10(17)5-8(6-11(13)18)23-15-24-14(22)25-26-15/h2-6H,1H3,(H4,22,23,24,25,26). The third-order valence-corrected chi connectivity index (χ3v) is 5.53. The summed E-state index contributed by atoms with van der Waals surface area (Å²) in [5.41, 5.74) is 4.61. The molecule has 13 heteroatoms. The summed E-state index contributed by atoms with van der Waals surface area (Å²) in [5.74, 6) is 0.214. The maximum atomic E-state index is 13.4. The number of nitrogens with zero attached hydrogens (tertiary/aromatic N) is 2. The zero-order valence-electron chi connectivity index (χ0n) is 14.5. The van der Waals surface area contributed by atoms with Gasteiger partial charge in [0.15, 0.2) is 9.84 Å². The lowest BCUT2D eigenvalue weighted by molar-refractivity contribution is -0.139. The smallest absolute Gasteiger partial charge is 0.368 e. The summed E-state index contributed by atoms with van der Waals surface area (Å²) in [6.45, 7) is 0. The molecule has 1 aromatic heterocycles. The highest BCUT2D eigenvalue weighted by molar-refractivity contribution is 7.90. The zero-order chi connectivity index (χ0) is 21.6. The molecule has 0 unspecified atom stereocenters. The van der Waals surface area contributed by atoms with Gasteiger partial charge in [0.25, 0.3) is 0 Å². The Morgan fingerprint density at radius 3 is 2.24 bits per heavy atom. The Labute approximate surface area is 173 Å². The normalized spacial score (nSPS) is 12.2. The predicted octanol–water partition coefficient (Wildman–Crippen LogP) is 4.53. The first kappa shape index (κ1) is 21.2. The average molecular weight is 466 g/mol. The van der Waals surface area contributed by atoms with Crippen molar-refractivity contribution in [1.82, 2.24) is 15.2 Å². The maximum Gasteiger partial charge on any atom is 0.417 e. The molecule has 1 heterocycles. The van der Waals surface area contributed by atoms with Gasteiger partial charge in [0.1, 0.15) is 0 Å². The van der Waals surface area contributed by atoms with Crippen molar-refractivity contribution >= 4 is 50.6 Å². The molecule has 0 aliphatic carbocycles. The number of nitrogen functional groups attached to an aromatic ring is 1. The quantitative estimate of drug-likeness (QED) is 0.521. The third kappa shape index (κ3) is 4.57. The second kappa shape index (κ2) is 7.39. The topological polar surface area (TPSA) is 114 Å². The van der Waals surface area contributed by atoms with E-state index in [0.717, 1.165) is 6.07 Å². The van der Waals surface area contributed by atoms with Gasteiger partial charge in [-0.15, -0.1) is 5.10 Å². The van der Waals surface area contributed by atoms with Crippen LogP contribution in [0.1, 0.15) is 5.56 Å². The van der Waals surface area contributed by atoms with Crippen LogP contribution in [-0.2, 0) is 16.0 Å². The molecule has 3 aromatic rings. The van der Waals surface area contributed by atoms with Gasteiger partial charge in [0.2, 0.25) is 11.9 Å². The van der Waals surface area contributed by atoms with Crippen LogP contribution in [0.5, 0.6) is 0 Å². The molecule has 29 heavy (non-hydrogen) atoms. The summed E-state index contributed by atoms with van der Waals surface area (Å²) in [5, 5.41) is 9.06. The average Bonchev–Trinajstić information content (AvgIpc) is 2.97. The van der Waals surface area contributed by atoms with E-state index in [1.165, 1.54) is 18.2 Å². The van der Waals surface area contributed by atoms with Gasteiger partial charge in [-0.3, -0.25) is 0 Å². The number of rotatable bonds is 4. The first-order chi connectivity index (χ1) is 13.4. The number of benzene rings is 2. The lowest BCUT2D eigenvalue weighted by Gasteiger charge is -2.15. The monoisotopic (exact) mass is 465 g/mol. The summed E-state index contributed by atoms with van der Waals surface area (Å²) in [6, 6.07) is 5.61. The number of anilines is 3. The van der Waals surface area contributed by atoms with Gasteiger partial charge >= 0.3 is 6.18 Å². The molecule has 154 valence electrons. The van der Waals surface area contributed by atoms with Crippen molar-refractivity contribution in [1.29, 1.82) is 0 Å². The van der Waals surface area contributed by atoms with Crippen molar-refractivity contribution in [3.63, 3.8) is 0 Å². The molecule has 0 saturated carbocycles. The number of halogens is 5. The van der Waals surface area contributed by atoms with E-state index in [4.69, 9.17) is 28.9 Å². The third-order valence-electron chi connectivity index (χ3n) is 3.77. The Morgan fingerprint density at radius 2 is 1.76 bits per heavy atom. The molecule has 0 amide bonds. The molecule has 0 aliphatic rings. The van der Waals surface area contributed by atoms with Crippen LogP contribution in [-0.4, -0.2) is 29.9 Å². The summed E-state index contributed by atoms with van der Waals surface area (Å²) < 4.78 is 63.7. The molecule has 0 atom stereocenters. The van der Waals surface area contributed by atoms with E-state index in [1.807, 2.05) is 0 Å². The molecule has 0 radical (unpaired) electrons. The number of nitrogens with two attached hydrogens (primary N) is 1. The largest absolute Gasteiger partial charge is 0.417 e. The lowest BCUT2D eigenvalue weighted by Crippen LogP contribution is -2.12. The van der Waals surface area contributed by atoms with Gasteiger partial charge in [-0.25, -0.2) is 13.5 Å². The summed E-state index contributed by atoms with van der Waals surface area (Å²) in [4.78, 5) is 3.02. The Kier molecular flexibility index (Phi) is 5.41. The molecule has 0 fully saturated rings. The molecule has 4 N–H and O–H groups in total. The van der Waals surface area contributed by atoms with E-state index in [1.54, 1.807) is 0 Å². The van der Waals surface area contributed by atoms with Crippen LogP contribution in [0.25, 0.3) is 11.1 Å². The van der Waals surface area contributed by atoms with Crippen molar-refractivity contribution in [2.75, 3.05) is 17.3 Å². The van der Waals surface area contributed by atoms with E-state index in [0.29, 0.717) is 18.0 Å². The second-order valence-electron chi connectivity index (χ2n) is 5.97. The fraction of sp³-hybridized carbons (Fsp3) is 0.125. The van der Waals surface area contributed by atoms with E-state index in [-0.39, 0.29) is 33.1 Å². The Hall–Kier alpha value is -2.50. The molecule has 3 rings (SSSR count). The van der Waals surface area contributed by atoms with Crippen LogP contribution < -0.4 is 11.1 Å². The maximum absolute atomic E-state index is 13.4. The summed E-state index contributed by atoms with van der Waals surface area (Å²) >= 11 is 12.5. The summed E-state index contributed by atoms with van der Waals surface area (Å²) in [7, 11) is -4.10. The van der Waals surface area contributed by atoms with Crippen molar-refractivity contribution in [2.45, 2.75) is 11.1 Å². The molecule has 0 saturated heterocycles. The highest BCUT2D eigenvalue weighted by atomic mass is 35.5. The zero-order valence-corrected chi connectivity index (χ0v) is 16.8. The van der Waals surface area contributed by atoms with Gasteiger partial charge < -0.3 is 11.1 Å². The number of alkyl halides is 3. The Morgan fingerprint density at radius 1 is 1.14 bits per heavy atom. The van der Waals surface area contributed by atoms with Gasteiger partial charge in [0, 0.05) is 17.5 Å². The minimum Gasteiger partial charge on any atom is -0.368 e. The van der Waals surface area contributed by atoms with Crippen LogP contribution in [0, 0.1) is 0 Å². The van der Waals surface area contributed by atoms with Crippen LogP contribution in [0.2, 0.25) is 10.0 Å². The fourth-order valence-electron chi connectivity index (χ4n) is 2.61. The lowest BCUT2D eigenvalue weighted by atomic mass is 10.0. The highest BCUT2D eigenvalue weighted by Gasteiger charge is 2.36. The van der Waals surface area contributed by atoms with Gasteiger partial charge in [-0.2, -0.15) is 18.2 Å². The predicted molar refractivity (Wildman–Crippen MR) is 104 cm³/mol. The Balaban J connectivity index is 2.09. The fourth-order valence-corrected chi connectivity index (χ4v) is 4.21. The SMILES string of the molecule is CS(=O)(=O)c1ccc(-c2c(Cl)cc(Nc3n[nH]c(N)n3)cc2Cl)cc1C(F)(F)F. The van der Waals surface area contributed by atoms with Crippen LogP contribution >= 0.6 is 23.2 Å². The molecule has 0 aliphatic heterocycles. The summed E-state index contributed by atoms with van der Waals surface area (Å²) in [6.07, 6.45) is -4.19. The number of aromatic nitrogens is 3. The Bertz CT molecular complexity index is 1170. The van der Waals surface area contributed by atoms with E-state index in [9.17, 15) is 21.6 Å². The van der Waals surface area contributed by atoms with Gasteiger partial charge in [0.05, 0.1) is 20.5 Å². The molecular weight excluding hydrogens is 454 g/mol. The molecule has 2 aromatic carbocycles.